The van der Waals surface area contributed by atoms with Crippen molar-refractivity contribution in [2.75, 3.05) is 0 Å². The van der Waals surface area contributed by atoms with E-state index < -0.39 is 0 Å². The Morgan fingerprint density at radius 1 is 0.720 bits per heavy atom. The van der Waals surface area contributed by atoms with Gasteiger partial charge in [-0.05, 0) is 81.2 Å². The van der Waals surface area contributed by atoms with Crippen LogP contribution in [0.5, 0.6) is 0 Å². The van der Waals surface area contributed by atoms with Crippen molar-refractivity contribution in [1.29, 1.82) is 0 Å². The Kier molecular flexibility index (Phi) is 5.43. The van der Waals surface area contributed by atoms with E-state index >= 15 is 0 Å². The Morgan fingerprint density at radius 2 is 1.28 bits per heavy atom. The first kappa shape index (κ1) is 20.0. The first-order valence-electron chi connectivity index (χ1n) is 9.99. The number of hydrogen-bond acceptors (Lipinski definition) is 0. The molecule has 0 aliphatic rings. The minimum absolute atomic E-state index is 0.172. The van der Waals surface area contributed by atoms with Crippen molar-refractivity contribution in [3.05, 3.63) is 47.0 Å². The minimum Gasteiger partial charge on any atom is -0.0646 e. The van der Waals surface area contributed by atoms with Crippen molar-refractivity contribution >= 4 is 10.8 Å². The van der Waals surface area contributed by atoms with Crippen LogP contribution in [0, 0.1) is 6.07 Å². The lowest BCUT2D eigenvalue weighted by Crippen LogP contribution is -2.21. The summed E-state index contributed by atoms with van der Waals surface area (Å²) < 4.78 is 0. The second-order valence-electron chi connectivity index (χ2n) is 9.59. The third-order valence-electron chi connectivity index (χ3n) is 6.78. The fourth-order valence-corrected chi connectivity index (χ4v) is 3.23. The maximum Gasteiger partial charge on any atom is -0.00998 e. The van der Waals surface area contributed by atoms with E-state index in [0.717, 1.165) is 19.3 Å². The van der Waals surface area contributed by atoms with Crippen LogP contribution in [0.15, 0.2) is 24.3 Å². The standard InChI is InChI=1S/C25H37/c1-10-23(4,5)19-13-14-21-18(15-19)16-20(24(6,7)11-2)17-22(21)25(8,9)12-3/h14-17H,10-12H2,1-9H3. The molecule has 0 aliphatic carbocycles. The molecule has 0 amide bonds. The van der Waals surface area contributed by atoms with Gasteiger partial charge in [0.05, 0.1) is 0 Å². The summed E-state index contributed by atoms with van der Waals surface area (Å²) in [6.45, 7) is 21.0. The highest BCUT2D eigenvalue weighted by atomic mass is 14.3. The van der Waals surface area contributed by atoms with Gasteiger partial charge in [-0.2, -0.15) is 0 Å². The highest BCUT2D eigenvalue weighted by molar-refractivity contribution is 5.88. The predicted molar refractivity (Wildman–Crippen MR) is 113 cm³/mol. The lowest BCUT2D eigenvalue weighted by Gasteiger charge is -2.31. The maximum atomic E-state index is 3.61. The van der Waals surface area contributed by atoms with Gasteiger partial charge in [0.25, 0.3) is 0 Å². The molecule has 2 aromatic carbocycles. The van der Waals surface area contributed by atoms with Crippen LogP contribution in [0.2, 0.25) is 0 Å². The van der Waals surface area contributed by atoms with Gasteiger partial charge in [-0.1, -0.05) is 74.4 Å². The Bertz CT molecular complexity index is 739. The van der Waals surface area contributed by atoms with Crippen LogP contribution >= 0.6 is 0 Å². The quantitative estimate of drug-likeness (QED) is 0.506. The first-order chi connectivity index (χ1) is 11.5. The molecule has 0 aliphatic heterocycles. The zero-order chi connectivity index (χ0) is 19.0. The second-order valence-corrected chi connectivity index (χ2v) is 9.59. The number of hydrogen-bond donors (Lipinski definition) is 0. The van der Waals surface area contributed by atoms with E-state index in [2.05, 4.69) is 92.6 Å². The molecule has 0 fully saturated rings. The maximum absolute atomic E-state index is 3.61. The molecule has 0 N–H and O–H groups in total. The van der Waals surface area contributed by atoms with Crippen LogP contribution in [-0.2, 0) is 16.2 Å². The SMILES string of the molecule is CCC(C)(C)c1[c]cc2c(C(C)(C)CC)cc(C(C)(C)CC)cc2c1. The van der Waals surface area contributed by atoms with Crippen LogP contribution < -0.4 is 0 Å². The normalized spacial score (nSPS) is 13.5. The molecule has 0 spiro atoms. The molecule has 0 unspecified atom stereocenters. The fraction of sp³-hybridized carbons (Fsp3) is 0.600. The topological polar surface area (TPSA) is 0 Å². The van der Waals surface area contributed by atoms with Gasteiger partial charge in [0.2, 0.25) is 0 Å². The monoisotopic (exact) mass is 337 g/mol. The minimum atomic E-state index is 0.172. The van der Waals surface area contributed by atoms with Gasteiger partial charge in [0.15, 0.2) is 0 Å². The average molecular weight is 338 g/mol. The molecule has 2 rings (SSSR count). The number of rotatable bonds is 6. The highest BCUT2D eigenvalue weighted by Gasteiger charge is 2.26. The average Bonchev–Trinajstić information content (AvgIpc) is 2.59. The molecule has 0 bridgehead atoms. The molecule has 0 saturated carbocycles. The van der Waals surface area contributed by atoms with E-state index in [1.54, 1.807) is 0 Å². The zero-order valence-electron chi connectivity index (χ0n) is 17.9. The summed E-state index contributed by atoms with van der Waals surface area (Å²) in [6, 6.07) is 13.1. The van der Waals surface area contributed by atoms with Crippen LogP contribution in [0.1, 0.15) is 98.3 Å². The molecule has 0 nitrogen and oxygen atoms in total. The number of benzene rings is 2. The summed E-state index contributed by atoms with van der Waals surface area (Å²) in [5, 5.41) is 2.75. The smallest absolute Gasteiger partial charge is 0.00998 e. The molecular formula is C25H37. The van der Waals surface area contributed by atoms with Crippen molar-refractivity contribution in [1.82, 2.24) is 0 Å². The van der Waals surface area contributed by atoms with Gasteiger partial charge in [0, 0.05) is 0 Å². The van der Waals surface area contributed by atoms with Crippen molar-refractivity contribution < 1.29 is 0 Å². The van der Waals surface area contributed by atoms with E-state index in [1.807, 2.05) is 0 Å². The Morgan fingerprint density at radius 3 is 1.80 bits per heavy atom. The third kappa shape index (κ3) is 3.78. The molecule has 1 radical (unpaired) electrons. The van der Waals surface area contributed by atoms with Crippen LogP contribution in [0.25, 0.3) is 10.8 Å². The van der Waals surface area contributed by atoms with Crippen molar-refractivity contribution in [3.63, 3.8) is 0 Å². The molecule has 137 valence electrons. The van der Waals surface area contributed by atoms with Crippen LogP contribution in [0.3, 0.4) is 0 Å². The highest BCUT2D eigenvalue weighted by Crippen LogP contribution is 2.39. The van der Waals surface area contributed by atoms with Crippen molar-refractivity contribution in [2.45, 2.75) is 97.8 Å². The fourth-order valence-electron chi connectivity index (χ4n) is 3.23. The Labute approximate surface area is 156 Å². The Balaban J connectivity index is 2.82. The van der Waals surface area contributed by atoms with E-state index in [0.29, 0.717) is 0 Å². The van der Waals surface area contributed by atoms with Gasteiger partial charge in [-0.3, -0.25) is 0 Å². The lowest BCUT2D eigenvalue weighted by atomic mass is 9.73. The summed E-state index contributed by atoms with van der Waals surface area (Å²) in [6.07, 6.45) is 3.42. The molecule has 0 heteroatoms. The van der Waals surface area contributed by atoms with Crippen LogP contribution in [-0.4, -0.2) is 0 Å². The van der Waals surface area contributed by atoms with Crippen molar-refractivity contribution in [2.24, 2.45) is 0 Å². The second kappa shape index (κ2) is 6.78. The molecule has 0 aromatic heterocycles. The van der Waals surface area contributed by atoms with Gasteiger partial charge in [-0.15, -0.1) is 0 Å². The number of fused-ring (bicyclic) bond motifs is 1. The zero-order valence-corrected chi connectivity index (χ0v) is 17.9. The molecular weight excluding hydrogens is 300 g/mol. The van der Waals surface area contributed by atoms with Crippen LogP contribution in [0.4, 0.5) is 0 Å². The largest absolute Gasteiger partial charge is 0.0646 e. The van der Waals surface area contributed by atoms with Gasteiger partial charge < -0.3 is 0 Å². The predicted octanol–water partition coefficient (Wildman–Crippen LogP) is 7.70. The van der Waals surface area contributed by atoms with Gasteiger partial charge in [0.1, 0.15) is 0 Å². The molecule has 25 heavy (non-hydrogen) atoms. The summed E-state index contributed by atoms with van der Waals surface area (Å²) in [7, 11) is 0. The summed E-state index contributed by atoms with van der Waals surface area (Å²) in [4.78, 5) is 0. The van der Waals surface area contributed by atoms with Gasteiger partial charge in [-0.25, -0.2) is 0 Å². The lowest BCUT2D eigenvalue weighted by molar-refractivity contribution is 0.491. The molecule has 2 aromatic rings. The molecule has 0 heterocycles. The molecule has 0 saturated heterocycles. The summed E-state index contributed by atoms with van der Waals surface area (Å²) >= 11 is 0. The first-order valence-corrected chi connectivity index (χ1v) is 9.99. The third-order valence-corrected chi connectivity index (χ3v) is 6.78. The van der Waals surface area contributed by atoms with E-state index in [-0.39, 0.29) is 16.2 Å². The van der Waals surface area contributed by atoms with E-state index in [9.17, 15) is 0 Å². The van der Waals surface area contributed by atoms with E-state index in [1.165, 1.54) is 27.5 Å². The summed E-state index contributed by atoms with van der Waals surface area (Å²) in [5.74, 6) is 0. The molecule has 0 atom stereocenters. The summed E-state index contributed by atoms with van der Waals surface area (Å²) in [5.41, 5.74) is 4.81. The van der Waals surface area contributed by atoms with Crippen molar-refractivity contribution in [3.8, 4) is 0 Å². The van der Waals surface area contributed by atoms with Gasteiger partial charge >= 0.3 is 0 Å². The van der Waals surface area contributed by atoms with E-state index in [4.69, 9.17) is 0 Å². The Hall–Kier alpha value is -1.30.